The third-order valence-corrected chi connectivity index (χ3v) is 10.3. The molecule has 3 unspecified atom stereocenters. The zero-order valence-electron chi connectivity index (χ0n) is 19.7. The molecule has 4 aliphatic rings. The summed E-state index contributed by atoms with van der Waals surface area (Å²) in [5.41, 5.74) is 1.95. The summed E-state index contributed by atoms with van der Waals surface area (Å²) in [5.74, 6) is 4.24. The second kappa shape index (κ2) is 7.66. The lowest BCUT2D eigenvalue weighted by Crippen LogP contribution is -2.50. The van der Waals surface area contributed by atoms with Crippen LogP contribution in [0.15, 0.2) is 11.6 Å². The summed E-state index contributed by atoms with van der Waals surface area (Å²) >= 11 is 0. The van der Waals surface area contributed by atoms with Crippen LogP contribution in [0.2, 0.25) is 0 Å². The number of allylic oxidation sites excluding steroid dienone is 1. The van der Waals surface area contributed by atoms with Crippen molar-refractivity contribution in [2.45, 2.75) is 117 Å². The van der Waals surface area contributed by atoms with Crippen LogP contribution in [-0.4, -0.2) is 21.9 Å². The molecule has 0 aromatic rings. The Bertz CT molecular complexity index is 631. The monoisotopic (exact) mass is 402 g/mol. The van der Waals surface area contributed by atoms with Crippen molar-refractivity contribution in [1.29, 1.82) is 0 Å². The van der Waals surface area contributed by atoms with Gasteiger partial charge in [0.05, 0.1) is 11.7 Å². The molecular formula is C27H46O2. The van der Waals surface area contributed by atoms with Gasteiger partial charge in [-0.15, -0.1) is 0 Å². The maximum Gasteiger partial charge on any atom is 0.0591 e. The maximum absolute atomic E-state index is 10.2. The van der Waals surface area contributed by atoms with E-state index in [0.717, 1.165) is 55.3 Å². The quantitative estimate of drug-likeness (QED) is 0.515. The number of aliphatic hydroxyl groups excluding tert-OH is 1. The molecule has 3 fully saturated rings. The van der Waals surface area contributed by atoms with Gasteiger partial charge in [-0.3, -0.25) is 0 Å². The van der Waals surface area contributed by atoms with Crippen LogP contribution in [0.5, 0.6) is 0 Å². The van der Waals surface area contributed by atoms with E-state index < -0.39 is 5.60 Å². The number of rotatable bonds is 5. The van der Waals surface area contributed by atoms with Gasteiger partial charge in [0.1, 0.15) is 0 Å². The minimum Gasteiger partial charge on any atom is -0.393 e. The van der Waals surface area contributed by atoms with Crippen molar-refractivity contribution in [1.82, 2.24) is 0 Å². The van der Waals surface area contributed by atoms with Crippen LogP contribution >= 0.6 is 0 Å². The minimum atomic E-state index is -0.519. The SMILES string of the molecule is C[C@H](CCCC(C)(C)O)[C@H]1CC[C@H]2C3CC=C4C[C@@H](O)CCC4(C)C3CC[C@]12C. The summed E-state index contributed by atoms with van der Waals surface area (Å²) < 4.78 is 0. The minimum absolute atomic E-state index is 0.0969. The highest BCUT2D eigenvalue weighted by atomic mass is 16.3. The first kappa shape index (κ1) is 21.9. The van der Waals surface area contributed by atoms with E-state index in [4.69, 9.17) is 0 Å². The molecule has 166 valence electrons. The van der Waals surface area contributed by atoms with Gasteiger partial charge in [-0.1, -0.05) is 45.3 Å². The fraction of sp³-hybridized carbons (Fsp3) is 0.926. The predicted octanol–water partition coefficient (Wildman–Crippen LogP) is 6.50. The normalized spacial score (nSPS) is 45.8. The Balaban J connectivity index is 1.47. The number of hydrogen-bond donors (Lipinski definition) is 2. The summed E-state index contributed by atoms with van der Waals surface area (Å²) in [6.07, 6.45) is 15.9. The fourth-order valence-electron chi connectivity index (χ4n) is 8.67. The molecule has 0 aromatic heterocycles. The highest BCUT2D eigenvalue weighted by Crippen LogP contribution is 2.67. The lowest BCUT2D eigenvalue weighted by molar-refractivity contribution is -0.0575. The standard InChI is InChI=1S/C27H46O2/c1-18(7-6-14-25(2,3)29)22-10-11-23-21-9-8-19-17-20(28)12-15-26(19,4)24(21)13-16-27(22,23)5/h8,18,20-24,28-29H,6-7,9-17H2,1-5H3/t18-,20+,21?,22-,23+,24?,26?,27-/m1/s1. The van der Waals surface area contributed by atoms with E-state index in [-0.39, 0.29) is 6.10 Å². The first-order valence-corrected chi connectivity index (χ1v) is 12.6. The predicted molar refractivity (Wildman–Crippen MR) is 121 cm³/mol. The lowest BCUT2D eigenvalue weighted by atomic mass is 9.47. The Hall–Kier alpha value is -0.340. The van der Waals surface area contributed by atoms with Gasteiger partial charge < -0.3 is 10.2 Å². The Morgan fingerprint density at radius 3 is 2.59 bits per heavy atom. The van der Waals surface area contributed by atoms with Gasteiger partial charge in [-0.25, -0.2) is 0 Å². The van der Waals surface area contributed by atoms with E-state index in [0.29, 0.717) is 10.8 Å². The second-order valence-electron chi connectivity index (χ2n) is 12.6. The zero-order valence-corrected chi connectivity index (χ0v) is 19.7. The zero-order chi connectivity index (χ0) is 21.0. The van der Waals surface area contributed by atoms with Gasteiger partial charge in [-0.05, 0) is 112 Å². The smallest absolute Gasteiger partial charge is 0.0591 e. The molecule has 2 heteroatoms. The van der Waals surface area contributed by atoms with E-state index in [9.17, 15) is 10.2 Å². The molecule has 0 saturated heterocycles. The molecule has 0 bridgehead atoms. The molecule has 4 aliphatic carbocycles. The van der Waals surface area contributed by atoms with E-state index in [1.165, 1.54) is 44.9 Å². The second-order valence-corrected chi connectivity index (χ2v) is 12.6. The molecule has 2 nitrogen and oxygen atoms in total. The number of hydrogen-bond acceptors (Lipinski definition) is 2. The van der Waals surface area contributed by atoms with Crippen LogP contribution < -0.4 is 0 Å². The molecule has 8 atom stereocenters. The van der Waals surface area contributed by atoms with Gasteiger partial charge >= 0.3 is 0 Å². The van der Waals surface area contributed by atoms with Gasteiger partial charge in [0.2, 0.25) is 0 Å². The van der Waals surface area contributed by atoms with Crippen molar-refractivity contribution in [3.05, 3.63) is 11.6 Å². The van der Waals surface area contributed by atoms with Crippen molar-refractivity contribution in [2.75, 3.05) is 0 Å². The van der Waals surface area contributed by atoms with E-state index >= 15 is 0 Å². The molecule has 4 rings (SSSR count). The van der Waals surface area contributed by atoms with E-state index in [1.54, 1.807) is 5.57 Å². The molecule has 0 heterocycles. The van der Waals surface area contributed by atoms with Crippen LogP contribution in [0.4, 0.5) is 0 Å². The Morgan fingerprint density at radius 1 is 1.10 bits per heavy atom. The first-order valence-electron chi connectivity index (χ1n) is 12.6. The molecular weight excluding hydrogens is 356 g/mol. The third kappa shape index (κ3) is 3.86. The summed E-state index contributed by atoms with van der Waals surface area (Å²) in [6.45, 7) is 11.6. The van der Waals surface area contributed by atoms with Crippen LogP contribution in [-0.2, 0) is 0 Å². The van der Waals surface area contributed by atoms with Gasteiger partial charge in [0, 0.05) is 0 Å². The topological polar surface area (TPSA) is 40.5 Å². The molecule has 3 saturated carbocycles. The third-order valence-electron chi connectivity index (χ3n) is 10.3. The lowest BCUT2D eigenvalue weighted by Gasteiger charge is -2.58. The Labute approximate surface area is 179 Å². The summed E-state index contributed by atoms with van der Waals surface area (Å²) in [4.78, 5) is 0. The maximum atomic E-state index is 10.2. The number of aliphatic hydroxyl groups is 2. The summed E-state index contributed by atoms with van der Waals surface area (Å²) in [6, 6.07) is 0. The fourth-order valence-corrected chi connectivity index (χ4v) is 8.67. The molecule has 2 N–H and O–H groups in total. The van der Waals surface area contributed by atoms with Crippen molar-refractivity contribution >= 4 is 0 Å². The molecule has 29 heavy (non-hydrogen) atoms. The van der Waals surface area contributed by atoms with Crippen LogP contribution in [0.25, 0.3) is 0 Å². The van der Waals surface area contributed by atoms with E-state index in [2.05, 4.69) is 26.8 Å². The van der Waals surface area contributed by atoms with Gasteiger partial charge in [0.25, 0.3) is 0 Å². The van der Waals surface area contributed by atoms with Crippen LogP contribution in [0, 0.1) is 40.4 Å². The van der Waals surface area contributed by atoms with Crippen molar-refractivity contribution in [2.24, 2.45) is 40.4 Å². The first-order chi connectivity index (χ1) is 13.5. The highest BCUT2D eigenvalue weighted by Gasteiger charge is 2.59. The summed E-state index contributed by atoms with van der Waals surface area (Å²) in [7, 11) is 0. The Morgan fingerprint density at radius 2 is 1.86 bits per heavy atom. The Kier molecular flexibility index (Phi) is 5.78. The molecule has 0 aromatic carbocycles. The van der Waals surface area contributed by atoms with Crippen LogP contribution in [0.3, 0.4) is 0 Å². The summed E-state index contributed by atoms with van der Waals surface area (Å²) in [5, 5.41) is 20.3. The highest BCUT2D eigenvalue weighted by molar-refractivity contribution is 5.25. The van der Waals surface area contributed by atoms with E-state index in [1.807, 2.05) is 13.8 Å². The molecule has 0 spiro atoms. The van der Waals surface area contributed by atoms with Crippen molar-refractivity contribution < 1.29 is 10.2 Å². The van der Waals surface area contributed by atoms with Gasteiger partial charge in [-0.2, -0.15) is 0 Å². The van der Waals surface area contributed by atoms with Gasteiger partial charge in [0.15, 0.2) is 0 Å². The van der Waals surface area contributed by atoms with Crippen molar-refractivity contribution in [3.63, 3.8) is 0 Å². The van der Waals surface area contributed by atoms with Crippen LogP contribution in [0.1, 0.15) is 105 Å². The average molecular weight is 403 g/mol. The molecule has 0 aliphatic heterocycles. The average Bonchev–Trinajstić information content (AvgIpc) is 2.98. The number of fused-ring (bicyclic) bond motifs is 5. The molecule has 0 radical (unpaired) electrons. The van der Waals surface area contributed by atoms with Crippen molar-refractivity contribution in [3.8, 4) is 0 Å². The largest absolute Gasteiger partial charge is 0.393 e. The molecule has 0 amide bonds.